The predicted molar refractivity (Wildman–Crippen MR) is 218 cm³/mol. The van der Waals surface area contributed by atoms with Crippen LogP contribution in [0.15, 0.2) is 76.5 Å². The van der Waals surface area contributed by atoms with Crippen molar-refractivity contribution in [1.82, 2.24) is 0 Å². The van der Waals surface area contributed by atoms with E-state index >= 15 is 0 Å². The lowest BCUT2D eigenvalue weighted by Gasteiger charge is -2.27. The van der Waals surface area contributed by atoms with E-state index in [2.05, 4.69) is 161 Å². The first-order valence-electron chi connectivity index (χ1n) is 16.8. The molecule has 44 heavy (non-hydrogen) atoms. The van der Waals surface area contributed by atoms with E-state index in [1.165, 1.54) is 27.8 Å². The number of hydrogen-bond acceptors (Lipinski definition) is 0. The standard InChI is InChI=1S/C39H60Si5/c1-26-27(2)29(4)39(28(26)3)40-37-19-17-18-36(30-20-32(41(5,6)7)24-33(21-30)42(8,9)10)38(37)31-22-34(43(11,12)13)25-35(23-31)44(14,15)16/h17-25,28H,40H2,1-16H3. The summed E-state index contributed by atoms with van der Waals surface area (Å²) in [5, 5.41) is 9.76. The highest BCUT2D eigenvalue weighted by Gasteiger charge is 2.29. The summed E-state index contributed by atoms with van der Waals surface area (Å²) in [6.07, 6.45) is 0. The van der Waals surface area contributed by atoms with E-state index < -0.39 is 41.8 Å². The van der Waals surface area contributed by atoms with Gasteiger partial charge in [0.2, 0.25) is 0 Å². The fourth-order valence-corrected chi connectivity index (χ4v) is 13.9. The highest BCUT2D eigenvalue weighted by molar-refractivity contribution is 6.92. The molecule has 1 unspecified atom stereocenters. The maximum Gasteiger partial charge on any atom is 0.0843 e. The van der Waals surface area contributed by atoms with Crippen LogP contribution >= 0.6 is 0 Å². The zero-order valence-corrected chi connectivity index (χ0v) is 36.4. The van der Waals surface area contributed by atoms with Crippen molar-refractivity contribution in [2.45, 2.75) is 106 Å². The van der Waals surface area contributed by atoms with E-state index in [4.69, 9.17) is 0 Å². The molecule has 0 amide bonds. The lowest BCUT2D eigenvalue weighted by atomic mass is 9.94. The van der Waals surface area contributed by atoms with Crippen LogP contribution in [0.1, 0.15) is 27.7 Å². The van der Waals surface area contributed by atoms with Gasteiger partial charge in [-0.1, -0.05) is 182 Å². The van der Waals surface area contributed by atoms with Gasteiger partial charge in [0, 0.05) is 0 Å². The summed E-state index contributed by atoms with van der Waals surface area (Å²) < 4.78 is 0. The first-order valence-corrected chi connectivity index (χ1v) is 32.2. The molecule has 0 saturated heterocycles. The molecule has 0 nitrogen and oxygen atoms in total. The minimum absolute atomic E-state index is 0.567. The van der Waals surface area contributed by atoms with Crippen LogP contribution in [0.5, 0.6) is 0 Å². The molecule has 0 bridgehead atoms. The van der Waals surface area contributed by atoms with Crippen molar-refractivity contribution in [1.29, 1.82) is 0 Å². The summed E-state index contributed by atoms with van der Waals surface area (Å²) in [6.45, 7) is 39.7. The van der Waals surface area contributed by atoms with Crippen LogP contribution in [0, 0.1) is 5.92 Å². The van der Waals surface area contributed by atoms with Gasteiger partial charge in [0.15, 0.2) is 0 Å². The molecule has 236 valence electrons. The van der Waals surface area contributed by atoms with Gasteiger partial charge in [-0.05, 0) is 54.5 Å². The van der Waals surface area contributed by atoms with Crippen molar-refractivity contribution in [3.05, 3.63) is 76.5 Å². The van der Waals surface area contributed by atoms with Crippen LogP contribution in [0.3, 0.4) is 0 Å². The Morgan fingerprint density at radius 1 is 0.523 bits per heavy atom. The summed E-state index contributed by atoms with van der Waals surface area (Å²) in [5.74, 6) is 0.567. The van der Waals surface area contributed by atoms with Crippen molar-refractivity contribution in [3.8, 4) is 22.3 Å². The number of benzene rings is 3. The number of allylic oxidation sites excluding steroid dienone is 4. The normalized spacial score (nSPS) is 17.0. The van der Waals surface area contributed by atoms with Gasteiger partial charge < -0.3 is 0 Å². The minimum Gasteiger partial charge on any atom is -0.0727 e. The quantitative estimate of drug-likeness (QED) is 0.212. The van der Waals surface area contributed by atoms with Crippen molar-refractivity contribution < 1.29 is 0 Å². The Morgan fingerprint density at radius 2 is 0.932 bits per heavy atom. The third kappa shape index (κ3) is 7.28. The fraction of sp³-hybridized carbons (Fsp3) is 0.436. The molecular weight excluding hydrogens is 609 g/mol. The molecule has 4 rings (SSSR count). The topological polar surface area (TPSA) is 0 Å². The zero-order valence-electron chi connectivity index (χ0n) is 31.0. The van der Waals surface area contributed by atoms with Crippen molar-refractivity contribution >= 4 is 67.7 Å². The largest absolute Gasteiger partial charge is 0.0843 e. The van der Waals surface area contributed by atoms with Crippen molar-refractivity contribution in [3.63, 3.8) is 0 Å². The average Bonchev–Trinajstić information content (AvgIpc) is 3.08. The molecule has 3 aromatic rings. The Labute approximate surface area is 277 Å². The third-order valence-electron chi connectivity index (χ3n) is 10.3. The Balaban J connectivity index is 2.12. The lowest BCUT2D eigenvalue weighted by Crippen LogP contribution is -2.45. The van der Waals surface area contributed by atoms with E-state index in [0.29, 0.717) is 5.92 Å². The van der Waals surface area contributed by atoms with E-state index in [1.807, 2.05) is 0 Å². The minimum atomic E-state index is -1.54. The second-order valence-electron chi connectivity index (χ2n) is 17.8. The van der Waals surface area contributed by atoms with Gasteiger partial charge in [0.1, 0.15) is 0 Å². The summed E-state index contributed by atoms with van der Waals surface area (Å²) in [7, 11) is -6.79. The van der Waals surface area contributed by atoms with E-state index in [1.54, 1.807) is 42.3 Å². The van der Waals surface area contributed by atoms with Crippen molar-refractivity contribution in [2.24, 2.45) is 5.92 Å². The fourth-order valence-electron chi connectivity index (χ4n) is 6.55. The molecule has 0 radical (unpaired) electrons. The highest BCUT2D eigenvalue weighted by Crippen LogP contribution is 2.37. The molecule has 1 aliphatic carbocycles. The summed E-state index contributed by atoms with van der Waals surface area (Å²) in [5.41, 5.74) is 10.6. The molecule has 0 aromatic heterocycles. The molecule has 3 aromatic carbocycles. The van der Waals surface area contributed by atoms with Gasteiger partial charge in [-0.2, -0.15) is 0 Å². The first-order chi connectivity index (χ1) is 20.0. The predicted octanol–water partition coefficient (Wildman–Crippen LogP) is 8.26. The molecule has 0 heterocycles. The second-order valence-corrected chi connectivity index (χ2v) is 40.0. The molecule has 0 N–H and O–H groups in total. The molecule has 0 spiro atoms. The highest BCUT2D eigenvalue weighted by atomic mass is 28.3. The monoisotopic (exact) mass is 668 g/mol. The van der Waals surface area contributed by atoms with Crippen LogP contribution in [-0.2, 0) is 0 Å². The van der Waals surface area contributed by atoms with E-state index in [9.17, 15) is 0 Å². The SMILES string of the molecule is CC1=C(C)C(C)C([SiH2]c2cccc(-c3cc([Si](C)(C)C)cc([Si](C)(C)C)c3)c2-c2cc([Si](C)(C)C)cc([Si](C)(C)C)c2)=C1C. The summed E-state index contributed by atoms with van der Waals surface area (Å²) in [4.78, 5) is 0. The molecule has 1 aliphatic rings. The molecule has 0 saturated carbocycles. The maximum atomic E-state index is 2.61. The average molecular weight is 669 g/mol. The number of hydrogen-bond donors (Lipinski definition) is 0. The summed E-state index contributed by atoms with van der Waals surface area (Å²) >= 11 is 0. The van der Waals surface area contributed by atoms with E-state index in [0.717, 1.165) is 0 Å². The van der Waals surface area contributed by atoms with Gasteiger partial charge in [-0.25, -0.2) is 0 Å². The van der Waals surface area contributed by atoms with Crippen LogP contribution < -0.4 is 25.9 Å². The molecule has 5 heteroatoms. The van der Waals surface area contributed by atoms with Crippen LogP contribution in [-0.4, -0.2) is 41.8 Å². The van der Waals surface area contributed by atoms with Crippen LogP contribution in [0.2, 0.25) is 78.6 Å². The van der Waals surface area contributed by atoms with E-state index in [-0.39, 0.29) is 0 Å². The van der Waals surface area contributed by atoms with Gasteiger partial charge in [0.05, 0.1) is 41.8 Å². The Bertz CT molecular complexity index is 1580. The van der Waals surface area contributed by atoms with Crippen LogP contribution in [0.4, 0.5) is 0 Å². The smallest absolute Gasteiger partial charge is 0.0727 e. The Morgan fingerprint density at radius 3 is 1.30 bits per heavy atom. The Kier molecular flexibility index (Phi) is 9.65. The van der Waals surface area contributed by atoms with Crippen LogP contribution in [0.25, 0.3) is 22.3 Å². The van der Waals surface area contributed by atoms with Crippen molar-refractivity contribution in [2.75, 3.05) is 0 Å². The number of rotatable bonds is 8. The Hall–Kier alpha value is -1.78. The molecule has 0 fully saturated rings. The maximum absolute atomic E-state index is 2.61. The third-order valence-corrected chi connectivity index (χ3v) is 20.8. The summed E-state index contributed by atoms with van der Waals surface area (Å²) in [6, 6.07) is 22.9. The van der Waals surface area contributed by atoms with Gasteiger partial charge >= 0.3 is 0 Å². The van der Waals surface area contributed by atoms with Gasteiger partial charge in [-0.15, -0.1) is 0 Å². The lowest BCUT2D eigenvalue weighted by molar-refractivity contribution is 0.856. The van der Waals surface area contributed by atoms with Gasteiger partial charge in [0.25, 0.3) is 0 Å². The first kappa shape index (κ1) is 35.1. The molecule has 1 atom stereocenters. The molecular formula is C39H60Si5. The second kappa shape index (κ2) is 12.1. The molecule has 0 aliphatic heterocycles. The zero-order chi connectivity index (χ0) is 33.2. The van der Waals surface area contributed by atoms with Gasteiger partial charge in [-0.3, -0.25) is 0 Å².